The topological polar surface area (TPSA) is 44.5 Å². The van der Waals surface area contributed by atoms with Gasteiger partial charge < -0.3 is 15.2 Å². The number of ether oxygens (including phenoxy) is 2. The molecule has 2 rings (SSSR count). The highest BCUT2D eigenvalue weighted by Crippen LogP contribution is 2.35. The Morgan fingerprint density at radius 1 is 1.35 bits per heavy atom. The van der Waals surface area contributed by atoms with Crippen LogP contribution >= 0.6 is 0 Å². The molecule has 0 unspecified atom stereocenters. The molecule has 0 saturated carbocycles. The van der Waals surface area contributed by atoms with Crippen LogP contribution in [-0.2, 0) is 10.2 Å². The van der Waals surface area contributed by atoms with Crippen LogP contribution < -0.4 is 10.5 Å². The number of rotatable bonds is 4. The molecule has 0 spiro atoms. The van der Waals surface area contributed by atoms with E-state index in [0.29, 0.717) is 13.2 Å². The van der Waals surface area contributed by atoms with E-state index in [1.165, 1.54) is 5.56 Å². The van der Waals surface area contributed by atoms with E-state index in [0.717, 1.165) is 31.8 Å². The van der Waals surface area contributed by atoms with E-state index in [2.05, 4.69) is 12.1 Å². The van der Waals surface area contributed by atoms with E-state index < -0.39 is 0 Å². The minimum Gasteiger partial charge on any atom is -0.494 e. The second-order valence-electron chi connectivity index (χ2n) is 4.56. The lowest BCUT2D eigenvalue weighted by molar-refractivity contribution is 0.0529. The predicted molar refractivity (Wildman–Crippen MR) is 68.4 cm³/mol. The Morgan fingerprint density at radius 3 is 2.76 bits per heavy atom. The van der Waals surface area contributed by atoms with Crippen LogP contribution in [0.15, 0.2) is 24.3 Å². The molecule has 1 saturated heterocycles. The lowest BCUT2D eigenvalue weighted by atomic mass is 9.74. The van der Waals surface area contributed by atoms with Gasteiger partial charge in [0.2, 0.25) is 0 Å². The summed E-state index contributed by atoms with van der Waals surface area (Å²) in [5.41, 5.74) is 7.36. The van der Waals surface area contributed by atoms with Crippen molar-refractivity contribution in [3.63, 3.8) is 0 Å². The van der Waals surface area contributed by atoms with Crippen molar-refractivity contribution in [2.75, 3.05) is 26.4 Å². The molecule has 0 amide bonds. The number of benzene rings is 1. The average molecular weight is 235 g/mol. The van der Waals surface area contributed by atoms with Crippen molar-refractivity contribution in [1.29, 1.82) is 0 Å². The first-order valence-corrected chi connectivity index (χ1v) is 6.32. The van der Waals surface area contributed by atoms with Gasteiger partial charge in [-0.3, -0.25) is 0 Å². The first-order chi connectivity index (χ1) is 8.30. The summed E-state index contributed by atoms with van der Waals surface area (Å²) in [5.74, 6) is 0.935. The van der Waals surface area contributed by atoms with Gasteiger partial charge in [-0.2, -0.15) is 0 Å². The summed E-state index contributed by atoms with van der Waals surface area (Å²) < 4.78 is 11.0. The molecule has 1 aromatic rings. The Labute approximate surface area is 103 Å². The third kappa shape index (κ3) is 2.61. The summed E-state index contributed by atoms with van der Waals surface area (Å²) in [4.78, 5) is 0. The van der Waals surface area contributed by atoms with E-state index in [1.54, 1.807) is 0 Å². The van der Waals surface area contributed by atoms with Gasteiger partial charge in [0, 0.05) is 25.2 Å². The molecule has 0 aromatic heterocycles. The van der Waals surface area contributed by atoms with Gasteiger partial charge in [0.15, 0.2) is 0 Å². The Bertz CT molecular complexity index is 359. The third-order valence-corrected chi connectivity index (χ3v) is 3.60. The Morgan fingerprint density at radius 2 is 2.12 bits per heavy atom. The molecular formula is C14H21NO2. The summed E-state index contributed by atoms with van der Waals surface area (Å²) in [7, 11) is 0. The summed E-state index contributed by atoms with van der Waals surface area (Å²) in [6, 6.07) is 8.33. The van der Waals surface area contributed by atoms with Crippen molar-refractivity contribution in [1.82, 2.24) is 0 Å². The molecule has 0 aliphatic carbocycles. The summed E-state index contributed by atoms with van der Waals surface area (Å²) >= 11 is 0. The van der Waals surface area contributed by atoms with Gasteiger partial charge in [-0.15, -0.1) is 0 Å². The summed E-state index contributed by atoms with van der Waals surface area (Å²) in [6.07, 6.45) is 2.00. The van der Waals surface area contributed by atoms with Crippen LogP contribution in [0.2, 0.25) is 0 Å². The highest BCUT2D eigenvalue weighted by Gasteiger charge is 2.33. The zero-order valence-electron chi connectivity index (χ0n) is 10.4. The molecule has 1 aliphatic rings. The Hall–Kier alpha value is -1.06. The maximum atomic E-state index is 6.00. The first-order valence-electron chi connectivity index (χ1n) is 6.32. The van der Waals surface area contributed by atoms with Crippen LogP contribution in [-0.4, -0.2) is 26.4 Å². The van der Waals surface area contributed by atoms with E-state index in [4.69, 9.17) is 15.2 Å². The summed E-state index contributed by atoms with van der Waals surface area (Å²) in [5, 5.41) is 0. The smallest absolute Gasteiger partial charge is 0.119 e. The molecule has 3 heteroatoms. The molecule has 3 nitrogen and oxygen atoms in total. The van der Waals surface area contributed by atoms with E-state index in [9.17, 15) is 0 Å². The SMILES string of the molecule is CCOc1cccc(C2(CN)CCOCC2)c1. The minimum absolute atomic E-state index is 0.0748. The fourth-order valence-corrected chi connectivity index (χ4v) is 2.46. The zero-order valence-corrected chi connectivity index (χ0v) is 10.4. The van der Waals surface area contributed by atoms with Crippen molar-refractivity contribution < 1.29 is 9.47 Å². The zero-order chi connectivity index (χ0) is 12.1. The van der Waals surface area contributed by atoms with E-state index in [-0.39, 0.29) is 5.41 Å². The average Bonchev–Trinajstić information content (AvgIpc) is 2.40. The minimum atomic E-state index is 0.0748. The van der Waals surface area contributed by atoms with Crippen LogP contribution in [0.4, 0.5) is 0 Å². The standard InChI is InChI=1S/C14H21NO2/c1-2-17-13-5-3-4-12(10-13)14(11-15)6-8-16-9-7-14/h3-5,10H,2,6-9,11,15H2,1H3. The van der Waals surface area contributed by atoms with Gasteiger partial charge in [0.1, 0.15) is 5.75 Å². The van der Waals surface area contributed by atoms with Gasteiger partial charge in [-0.25, -0.2) is 0 Å². The second kappa shape index (κ2) is 5.52. The van der Waals surface area contributed by atoms with Gasteiger partial charge >= 0.3 is 0 Å². The van der Waals surface area contributed by atoms with Crippen molar-refractivity contribution >= 4 is 0 Å². The van der Waals surface area contributed by atoms with E-state index >= 15 is 0 Å². The molecule has 94 valence electrons. The fraction of sp³-hybridized carbons (Fsp3) is 0.571. The lowest BCUT2D eigenvalue weighted by Crippen LogP contribution is -2.40. The lowest BCUT2D eigenvalue weighted by Gasteiger charge is -2.36. The molecule has 1 fully saturated rings. The Balaban J connectivity index is 2.26. The molecular weight excluding hydrogens is 214 g/mol. The molecule has 2 N–H and O–H groups in total. The molecule has 0 radical (unpaired) electrons. The fourth-order valence-electron chi connectivity index (χ4n) is 2.46. The maximum Gasteiger partial charge on any atom is 0.119 e. The Kier molecular flexibility index (Phi) is 4.02. The maximum absolute atomic E-state index is 6.00. The van der Waals surface area contributed by atoms with Gasteiger partial charge in [0.25, 0.3) is 0 Å². The van der Waals surface area contributed by atoms with E-state index in [1.807, 2.05) is 19.1 Å². The third-order valence-electron chi connectivity index (χ3n) is 3.60. The monoisotopic (exact) mass is 235 g/mol. The molecule has 1 aromatic carbocycles. The quantitative estimate of drug-likeness (QED) is 0.869. The molecule has 1 heterocycles. The second-order valence-corrected chi connectivity index (χ2v) is 4.56. The molecule has 0 atom stereocenters. The van der Waals surface area contributed by atoms with Crippen LogP contribution in [0, 0.1) is 0 Å². The van der Waals surface area contributed by atoms with Crippen LogP contribution in [0.1, 0.15) is 25.3 Å². The van der Waals surface area contributed by atoms with Crippen molar-refractivity contribution in [3.8, 4) is 5.75 Å². The first kappa shape index (κ1) is 12.4. The van der Waals surface area contributed by atoms with Crippen LogP contribution in [0.25, 0.3) is 0 Å². The summed E-state index contributed by atoms with van der Waals surface area (Å²) in [6.45, 7) is 4.97. The van der Waals surface area contributed by atoms with Crippen molar-refractivity contribution in [2.45, 2.75) is 25.2 Å². The highest BCUT2D eigenvalue weighted by molar-refractivity contribution is 5.34. The number of hydrogen-bond donors (Lipinski definition) is 1. The van der Waals surface area contributed by atoms with Crippen LogP contribution in [0.3, 0.4) is 0 Å². The van der Waals surface area contributed by atoms with Gasteiger partial charge in [-0.05, 0) is 37.5 Å². The number of nitrogens with two attached hydrogens (primary N) is 1. The normalized spacial score (nSPS) is 18.9. The molecule has 17 heavy (non-hydrogen) atoms. The van der Waals surface area contributed by atoms with Crippen molar-refractivity contribution in [2.24, 2.45) is 5.73 Å². The van der Waals surface area contributed by atoms with Crippen molar-refractivity contribution in [3.05, 3.63) is 29.8 Å². The largest absolute Gasteiger partial charge is 0.494 e. The van der Waals surface area contributed by atoms with Crippen LogP contribution in [0.5, 0.6) is 5.75 Å². The highest BCUT2D eigenvalue weighted by atomic mass is 16.5. The van der Waals surface area contributed by atoms with Gasteiger partial charge in [0.05, 0.1) is 6.61 Å². The predicted octanol–water partition coefficient (Wildman–Crippen LogP) is 2.09. The number of hydrogen-bond acceptors (Lipinski definition) is 3. The molecule has 1 aliphatic heterocycles. The molecule has 0 bridgehead atoms. The van der Waals surface area contributed by atoms with Gasteiger partial charge in [-0.1, -0.05) is 12.1 Å².